The highest BCUT2D eigenvalue weighted by atomic mass is 16.5. The number of rotatable bonds is 3. The second-order valence-corrected chi connectivity index (χ2v) is 5.62. The maximum Gasteiger partial charge on any atom is 0.226 e. The van der Waals surface area contributed by atoms with E-state index in [-0.39, 0.29) is 0 Å². The maximum atomic E-state index is 5.15. The lowest BCUT2D eigenvalue weighted by Gasteiger charge is -2.18. The molecule has 17 heavy (non-hydrogen) atoms. The van der Waals surface area contributed by atoms with E-state index in [1.165, 1.54) is 19.3 Å². The Kier molecular flexibility index (Phi) is 3.22. The van der Waals surface area contributed by atoms with E-state index in [1.54, 1.807) is 7.11 Å². The molecule has 1 heterocycles. The molecule has 0 bridgehead atoms. The Morgan fingerprint density at radius 2 is 2.18 bits per heavy atom. The molecule has 1 aliphatic carbocycles. The van der Waals surface area contributed by atoms with Crippen LogP contribution in [-0.4, -0.2) is 23.1 Å². The average Bonchev–Trinajstić information content (AvgIpc) is 2.57. The van der Waals surface area contributed by atoms with Crippen molar-refractivity contribution in [1.82, 2.24) is 9.97 Å². The number of anilines is 1. The van der Waals surface area contributed by atoms with Crippen LogP contribution in [0.1, 0.15) is 38.8 Å². The van der Waals surface area contributed by atoms with Crippen LogP contribution in [0.5, 0.6) is 5.88 Å². The van der Waals surface area contributed by atoms with Crippen LogP contribution < -0.4 is 10.1 Å². The second-order valence-electron chi connectivity index (χ2n) is 5.62. The van der Waals surface area contributed by atoms with Gasteiger partial charge >= 0.3 is 0 Å². The summed E-state index contributed by atoms with van der Waals surface area (Å²) >= 11 is 0. The van der Waals surface area contributed by atoms with Crippen LogP contribution in [0.25, 0.3) is 0 Å². The maximum absolute atomic E-state index is 5.15. The molecule has 1 aromatic heterocycles. The van der Waals surface area contributed by atoms with Gasteiger partial charge in [0, 0.05) is 17.8 Å². The molecule has 0 aromatic carbocycles. The van der Waals surface area contributed by atoms with Crippen LogP contribution >= 0.6 is 0 Å². The fourth-order valence-corrected chi connectivity index (χ4v) is 2.45. The Labute approximate surface area is 103 Å². The van der Waals surface area contributed by atoms with E-state index in [2.05, 4.69) is 29.1 Å². The number of nitrogens with one attached hydrogen (secondary N) is 1. The van der Waals surface area contributed by atoms with Gasteiger partial charge in [0.25, 0.3) is 0 Å². The first-order valence-corrected chi connectivity index (χ1v) is 6.15. The lowest BCUT2D eigenvalue weighted by molar-refractivity contribution is 0.378. The minimum atomic E-state index is 0.436. The number of ether oxygens (including phenoxy) is 1. The summed E-state index contributed by atoms with van der Waals surface area (Å²) in [5.41, 5.74) is 1.36. The number of aromatic nitrogens is 2. The van der Waals surface area contributed by atoms with Crippen LogP contribution in [0, 0.1) is 12.3 Å². The van der Waals surface area contributed by atoms with Crippen molar-refractivity contribution in [3.8, 4) is 5.88 Å². The third kappa shape index (κ3) is 3.08. The first kappa shape index (κ1) is 12.1. The van der Waals surface area contributed by atoms with Crippen LogP contribution in [0.3, 0.4) is 0 Å². The van der Waals surface area contributed by atoms with Gasteiger partial charge in [0.05, 0.1) is 7.11 Å². The number of hydrogen-bond donors (Lipinski definition) is 1. The van der Waals surface area contributed by atoms with Crippen molar-refractivity contribution in [3.63, 3.8) is 0 Å². The predicted molar refractivity (Wildman–Crippen MR) is 68.4 cm³/mol. The van der Waals surface area contributed by atoms with Crippen molar-refractivity contribution >= 4 is 5.95 Å². The summed E-state index contributed by atoms with van der Waals surface area (Å²) in [7, 11) is 1.63. The summed E-state index contributed by atoms with van der Waals surface area (Å²) in [5, 5.41) is 3.41. The first-order valence-electron chi connectivity index (χ1n) is 6.15. The Hall–Kier alpha value is -1.32. The quantitative estimate of drug-likeness (QED) is 0.875. The number of aryl methyl sites for hydroxylation is 1. The average molecular weight is 235 g/mol. The van der Waals surface area contributed by atoms with Crippen molar-refractivity contribution < 1.29 is 4.74 Å². The van der Waals surface area contributed by atoms with E-state index in [0.717, 1.165) is 5.69 Å². The van der Waals surface area contributed by atoms with E-state index in [0.29, 0.717) is 23.3 Å². The zero-order valence-electron chi connectivity index (χ0n) is 11.1. The molecule has 0 aliphatic heterocycles. The molecule has 1 aliphatic rings. The van der Waals surface area contributed by atoms with Gasteiger partial charge in [-0.1, -0.05) is 13.8 Å². The van der Waals surface area contributed by atoms with E-state index in [9.17, 15) is 0 Å². The monoisotopic (exact) mass is 235 g/mol. The number of hydrogen-bond acceptors (Lipinski definition) is 4. The van der Waals surface area contributed by atoms with Gasteiger partial charge < -0.3 is 10.1 Å². The Morgan fingerprint density at radius 1 is 1.41 bits per heavy atom. The summed E-state index contributed by atoms with van der Waals surface area (Å²) in [6, 6.07) is 2.32. The Bertz CT molecular complexity index is 404. The number of nitrogens with zero attached hydrogens (tertiary/aromatic N) is 2. The van der Waals surface area contributed by atoms with Gasteiger partial charge in [0.1, 0.15) is 0 Å². The largest absolute Gasteiger partial charge is 0.481 e. The minimum Gasteiger partial charge on any atom is -0.481 e. The van der Waals surface area contributed by atoms with E-state index < -0.39 is 0 Å². The topological polar surface area (TPSA) is 47.0 Å². The number of methoxy groups -OCH3 is 1. The molecule has 4 nitrogen and oxygen atoms in total. The molecular weight excluding hydrogens is 214 g/mol. The molecule has 1 saturated carbocycles. The molecule has 0 saturated heterocycles. The smallest absolute Gasteiger partial charge is 0.226 e. The molecule has 2 rings (SSSR count). The third-order valence-corrected chi connectivity index (χ3v) is 3.34. The standard InChI is InChI=1S/C13H21N3O/c1-9-7-11(17-4)16-12(14-9)15-10-5-6-13(2,3)8-10/h7,10H,5-6,8H2,1-4H3,(H,14,15,16). The van der Waals surface area contributed by atoms with Crippen molar-refractivity contribution in [2.24, 2.45) is 5.41 Å². The zero-order valence-corrected chi connectivity index (χ0v) is 11.1. The van der Waals surface area contributed by atoms with Gasteiger partial charge in [0.15, 0.2) is 0 Å². The highest BCUT2D eigenvalue weighted by molar-refractivity contribution is 5.32. The molecule has 1 aromatic rings. The highest BCUT2D eigenvalue weighted by Crippen LogP contribution is 2.38. The molecule has 0 radical (unpaired) electrons. The summed E-state index contributed by atoms with van der Waals surface area (Å²) < 4.78 is 5.15. The van der Waals surface area contributed by atoms with Crippen LogP contribution in [-0.2, 0) is 0 Å². The third-order valence-electron chi connectivity index (χ3n) is 3.34. The fraction of sp³-hybridized carbons (Fsp3) is 0.692. The molecule has 4 heteroatoms. The van der Waals surface area contributed by atoms with Gasteiger partial charge in [-0.3, -0.25) is 0 Å². The van der Waals surface area contributed by atoms with Gasteiger partial charge in [-0.15, -0.1) is 0 Å². The van der Waals surface area contributed by atoms with E-state index >= 15 is 0 Å². The summed E-state index contributed by atoms with van der Waals surface area (Å²) in [6.07, 6.45) is 3.62. The SMILES string of the molecule is COc1cc(C)nc(NC2CCC(C)(C)C2)n1. The molecule has 0 spiro atoms. The summed E-state index contributed by atoms with van der Waals surface area (Å²) in [5.74, 6) is 1.31. The second kappa shape index (κ2) is 4.51. The first-order chi connectivity index (χ1) is 7.98. The van der Waals surface area contributed by atoms with Crippen LogP contribution in [0.4, 0.5) is 5.95 Å². The van der Waals surface area contributed by atoms with Crippen molar-refractivity contribution in [3.05, 3.63) is 11.8 Å². The predicted octanol–water partition coefficient (Wildman–Crippen LogP) is 2.78. The van der Waals surface area contributed by atoms with Crippen molar-refractivity contribution in [1.29, 1.82) is 0 Å². The van der Waals surface area contributed by atoms with Crippen LogP contribution in [0.15, 0.2) is 6.07 Å². The molecule has 1 fully saturated rings. The summed E-state index contributed by atoms with van der Waals surface area (Å²) in [6.45, 7) is 6.58. The molecule has 1 N–H and O–H groups in total. The fourth-order valence-electron chi connectivity index (χ4n) is 2.45. The normalized spacial score (nSPS) is 22.5. The zero-order chi connectivity index (χ0) is 12.5. The highest BCUT2D eigenvalue weighted by Gasteiger charge is 2.31. The van der Waals surface area contributed by atoms with Gasteiger partial charge in [-0.25, -0.2) is 4.98 Å². The lowest BCUT2D eigenvalue weighted by Crippen LogP contribution is -2.19. The lowest BCUT2D eigenvalue weighted by atomic mass is 9.92. The van der Waals surface area contributed by atoms with Gasteiger partial charge in [-0.2, -0.15) is 4.98 Å². The van der Waals surface area contributed by atoms with Crippen LogP contribution in [0.2, 0.25) is 0 Å². The van der Waals surface area contributed by atoms with Gasteiger partial charge in [0.2, 0.25) is 11.8 Å². The molecule has 0 amide bonds. The van der Waals surface area contributed by atoms with Gasteiger partial charge in [-0.05, 0) is 31.6 Å². The molecule has 94 valence electrons. The van der Waals surface area contributed by atoms with Crippen molar-refractivity contribution in [2.75, 3.05) is 12.4 Å². The Balaban J connectivity index is 2.06. The molecular formula is C13H21N3O. The van der Waals surface area contributed by atoms with E-state index in [1.807, 2.05) is 13.0 Å². The minimum absolute atomic E-state index is 0.436. The molecule has 1 atom stereocenters. The Morgan fingerprint density at radius 3 is 2.76 bits per heavy atom. The van der Waals surface area contributed by atoms with Crippen molar-refractivity contribution in [2.45, 2.75) is 46.1 Å². The molecule has 1 unspecified atom stereocenters. The summed E-state index contributed by atoms with van der Waals surface area (Å²) in [4.78, 5) is 8.71. The van der Waals surface area contributed by atoms with E-state index in [4.69, 9.17) is 4.74 Å².